The Bertz CT molecular complexity index is 801. The van der Waals surface area contributed by atoms with E-state index in [0.29, 0.717) is 5.56 Å². The number of aliphatic carboxylic acids is 1. The van der Waals surface area contributed by atoms with Crippen molar-refractivity contribution in [2.24, 2.45) is 0 Å². The van der Waals surface area contributed by atoms with E-state index < -0.39 is 36.5 Å². The summed E-state index contributed by atoms with van der Waals surface area (Å²) < 4.78 is 36.1. The molecule has 1 heterocycles. The molecule has 1 aromatic carbocycles. The summed E-state index contributed by atoms with van der Waals surface area (Å²) in [4.78, 5) is 36.5. The summed E-state index contributed by atoms with van der Waals surface area (Å²) in [5.74, 6) is -4.66. The number of benzene rings is 1. The lowest BCUT2D eigenvalue weighted by Crippen LogP contribution is -2.48. The van der Waals surface area contributed by atoms with Gasteiger partial charge in [-0.1, -0.05) is 18.2 Å². The molecule has 0 unspecified atom stereocenters. The molecular weight excluding hydrogens is 343 g/mol. The number of hydrogen-bond acceptors (Lipinski definition) is 3. The van der Waals surface area contributed by atoms with Gasteiger partial charge in [0.05, 0.1) is 6.54 Å². The number of hydrogen-bond donors (Lipinski definition) is 4. The van der Waals surface area contributed by atoms with Gasteiger partial charge in [0.25, 0.3) is 0 Å². The van der Waals surface area contributed by atoms with Crippen LogP contribution in [-0.2, 0) is 20.8 Å². The molecule has 1 aromatic heterocycles. The smallest absolute Gasteiger partial charge is 0.471 e. The molecule has 0 bridgehead atoms. The number of alkyl halides is 3. The molecule has 2 aromatic rings. The van der Waals surface area contributed by atoms with Crippen LogP contribution in [0.15, 0.2) is 30.5 Å². The monoisotopic (exact) mass is 357 g/mol. The maximum atomic E-state index is 12.0. The Morgan fingerprint density at radius 3 is 2.52 bits per heavy atom. The van der Waals surface area contributed by atoms with E-state index in [1.165, 1.54) is 5.32 Å². The van der Waals surface area contributed by atoms with Crippen LogP contribution >= 0.6 is 0 Å². The van der Waals surface area contributed by atoms with Gasteiger partial charge in [-0.25, -0.2) is 4.79 Å². The number of carbonyl (C=O) groups is 3. The number of rotatable bonds is 6. The Morgan fingerprint density at radius 1 is 1.20 bits per heavy atom. The Balaban J connectivity index is 2.00. The maximum absolute atomic E-state index is 12.0. The molecule has 134 valence electrons. The van der Waals surface area contributed by atoms with E-state index in [1.54, 1.807) is 30.5 Å². The van der Waals surface area contributed by atoms with E-state index in [1.807, 2.05) is 0 Å². The summed E-state index contributed by atoms with van der Waals surface area (Å²) in [5.41, 5.74) is 1.41. The third-order valence-corrected chi connectivity index (χ3v) is 3.40. The van der Waals surface area contributed by atoms with Gasteiger partial charge in [-0.2, -0.15) is 13.2 Å². The molecular formula is C15H14F3N3O4. The lowest BCUT2D eigenvalue weighted by atomic mass is 10.1. The Morgan fingerprint density at radius 2 is 1.88 bits per heavy atom. The minimum Gasteiger partial charge on any atom is -0.480 e. The van der Waals surface area contributed by atoms with Crippen LogP contribution in [0.5, 0.6) is 0 Å². The van der Waals surface area contributed by atoms with Crippen LogP contribution in [0.1, 0.15) is 5.56 Å². The van der Waals surface area contributed by atoms with Crippen molar-refractivity contribution >= 4 is 28.7 Å². The number of carboxylic acids is 1. The third-order valence-electron chi connectivity index (χ3n) is 3.40. The first-order valence-corrected chi connectivity index (χ1v) is 7.10. The summed E-state index contributed by atoms with van der Waals surface area (Å²) in [7, 11) is 0. The summed E-state index contributed by atoms with van der Waals surface area (Å²) in [6, 6.07) is 5.77. The fourth-order valence-electron chi connectivity index (χ4n) is 2.23. The molecule has 25 heavy (non-hydrogen) atoms. The average Bonchev–Trinajstić information content (AvgIpc) is 2.94. The normalized spacial score (nSPS) is 12.6. The minimum atomic E-state index is -5.11. The van der Waals surface area contributed by atoms with Gasteiger partial charge in [0.15, 0.2) is 0 Å². The molecule has 7 nitrogen and oxygen atoms in total. The second kappa shape index (κ2) is 7.24. The number of aromatic amines is 1. The number of carboxylic acid groups (broad SMARTS) is 1. The minimum absolute atomic E-state index is 0.0711. The topological polar surface area (TPSA) is 111 Å². The van der Waals surface area contributed by atoms with Crippen LogP contribution in [0.25, 0.3) is 10.9 Å². The summed E-state index contributed by atoms with van der Waals surface area (Å²) in [6.07, 6.45) is -3.59. The van der Waals surface area contributed by atoms with Crippen molar-refractivity contribution in [1.82, 2.24) is 15.6 Å². The van der Waals surface area contributed by atoms with Crippen molar-refractivity contribution in [2.75, 3.05) is 6.54 Å². The van der Waals surface area contributed by atoms with E-state index in [0.717, 1.165) is 10.9 Å². The van der Waals surface area contributed by atoms with E-state index in [2.05, 4.69) is 10.3 Å². The average molecular weight is 357 g/mol. The maximum Gasteiger partial charge on any atom is 0.471 e. The van der Waals surface area contributed by atoms with Crippen molar-refractivity contribution in [2.45, 2.75) is 18.6 Å². The molecule has 0 aliphatic carbocycles. The molecule has 0 radical (unpaired) electrons. The summed E-state index contributed by atoms with van der Waals surface area (Å²) >= 11 is 0. The van der Waals surface area contributed by atoms with Gasteiger partial charge in [0.2, 0.25) is 5.91 Å². The first-order valence-electron chi connectivity index (χ1n) is 7.10. The fourth-order valence-corrected chi connectivity index (χ4v) is 2.23. The number of aromatic nitrogens is 1. The second-order valence-electron chi connectivity index (χ2n) is 5.20. The molecule has 4 N–H and O–H groups in total. The first-order chi connectivity index (χ1) is 11.7. The van der Waals surface area contributed by atoms with Gasteiger partial charge in [0.1, 0.15) is 6.04 Å². The number of H-pyrrole nitrogens is 1. The van der Waals surface area contributed by atoms with Crippen molar-refractivity contribution in [3.63, 3.8) is 0 Å². The highest BCUT2D eigenvalue weighted by atomic mass is 19.4. The van der Waals surface area contributed by atoms with Crippen LogP contribution in [0, 0.1) is 0 Å². The molecule has 0 spiro atoms. The van der Waals surface area contributed by atoms with Gasteiger partial charge in [-0.15, -0.1) is 0 Å². The molecule has 0 aliphatic heterocycles. The van der Waals surface area contributed by atoms with Crippen LogP contribution in [0.2, 0.25) is 0 Å². The van der Waals surface area contributed by atoms with Gasteiger partial charge < -0.3 is 20.7 Å². The zero-order valence-corrected chi connectivity index (χ0v) is 12.7. The number of nitrogens with one attached hydrogen (secondary N) is 3. The van der Waals surface area contributed by atoms with E-state index in [4.69, 9.17) is 0 Å². The van der Waals surface area contributed by atoms with E-state index in [9.17, 15) is 32.7 Å². The standard InChI is InChI=1S/C15H14F3N3O4/c16-15(17,18)14(25)20-7-12(22)21-11(13(23)24)5-8-6-19-10-4-2-1-3-9(8)10/h1-4,6,11,19H,5,7H2,(H,20,25)(H,21,22)(H,23,24)/t11-/m1/s1. The molecule has 0 saturated heterocycles. The molecule has 0 aliphatic rings. The van der Waals surface area contributed by atoms with Gasteiger partial charge in [-0.05, 0) is 11.6 Å². The van der Waals surface area contributed by atoms with Crippen molar-refractivity contribution in [1.29, 1.82) is 0 Å². The van der Waals surface area contributed by atoms with Crippen molar-refractivity contribution in [3.05, 3.63) is 36.0 Å². The zero-order chi connectivity index (χ0) is 18.6. The molecule has 2 amide bonds. The molecule has 10 heteroatoms. The number of fused-ring (bicyclic) bond motifs is 1. The lowest BCUT2D eigenvalue weighted by Gasteiger charge is -2.15. The summed E-state index contributed by atoms with van der Waals surface area (Å²) in [5, 5.41) is 13.5. The Kier molecular flexibility index (Phi) is 5.30. The quantitative estimate of drug-likeness (QED) is 0.617. The van der Waals surface area contributed by atoms with Crippen molar-refractivity contribution < 1.29 is 32.7 Å². The fraction of sp³-hybridized carbons (Fsp3) is 0.267. The number of carbonyl (C=O) groups excluding carboxylic acids is 2. The lowest BCUT2D eigenvalue weighted by molar-refractivity contribution is -0.173. The zero-order valence-electron chi connectivity index (χ0n) is 12.7. The largest absolute Gasteiger partial charge is 0.480 e. The third kappa shape index (κ3) is 4.72. The Labute approximate surface area is 139 Å². The predicted octanol–water partition coefficient (Wildman–Crippen LogP) is 0.958. The summed E-state index contributed by atoms with van der Waals surface area (Å²) in [6.45, 7) is -0.976. The van der Waals surface area contributed by atoms with Gasteiger partial charge in [-0.3, -0.25) is 9.59 Å². The first kappa shape index (κ1) is 18.3. The van der Waals surface area contributed by atoms with E-state index in [-0.39, 0.29) is 6.42 Å². The number of para-hydroxylation sites is 1. The SMILES string of the molecule is O=C(CNC(=O)C(F)(F)F)N[C@H](Cc1c[nH]c2ccccc12)C(=O)O. The highest BCUT2D eigenvalue weighted by Crippen LogP contribution is 2.19. The van der Waals surface area contributed by atoms with Gasteiger partial charge in [0, 0.05) is 23.5 Å². The Hall–Kier alpha value is -3.04. The van der Waals surface area contributed by atoms with Crippen LogP contribution in [0.4, 0.5) is 13.2 Å². The molecule has 1 atom stereocenters. The molecule has 2 rings (SSSR count). The van der Waals surface area contributed by atoms with E-state index >= 15 is 0 Å². The number of halogens is 3. The molecule has 0 saturated carbocycles. The van der Waals surface area contributed by atoms with Crippen LogP contribution in [0.3, 0.4) is 0 Å². The predicted molar refractivity (Wildman–Crippen MR) is 80.6 cm³/mol. The van der Waals surface area contributed by atoms with Crippen LogP contribution in [-0.4, -0.2) is 46.6 Å². The molecule has 0 fully saturated rings. The van der Waals surface area contributed by atoms with Gasteiger partial charge >= 0.3 is 18.1 Å². The number of amides is 2. The highest BCUT2D eigenvalue weighted by molar-refractivity contribution is 5.90. The van der Waals surface area contributed by atoms with Crippen LogP contribution < -0.4 is 10.6 Å². The van der Waals surface area contributed by atoms with Crippen molar-refractivity contribution in [3.8, 4) is 0 Å². The highest BCUT2D eigenvalue weighted by Gasteiger charge is 2.38. The second-order valence-corrected chi connectivity index (χ2v) is 5.20.